The maximum atomic E-state index is 12.7. The van der Waals surface area contributed by atoms with Crippen LogP contribution in [0.5, 0.6) is 0 Å². The summed E-state index contributed by atoms with van der Waals surface area (Å²) in [6.45, 7) is 3.67. The first-order chi connectivity index (χ1) is 13.8. The first-order valence-corrected chi connectivity index (χ1v) is 10.2. The van der Waals surface area contributed by atoms with Gasteiger partial charge in [-0.05, 0) is 67.9 Å². The molecule has 7 nitrogen and oxygen atoms in total. The van der Waals surface area contributed by atoms with E-state index in [0.717, 1.165) is 11.1 Å². The fourth-order valence-electron chi connectivity index (χ4n) is 2.60. The van der Waals surface area contributed by atoms with E-state index in [2.05, 4.69) is 10.5 Å². The second kappa shape index (κ2) is 8.24. The molecule has 0 aromatic heterocycles. The van der Waals surface area contributed by atoms with Gasteiger partial charge < -0.3 is 0 Å². The third-order valence-electron chi connectivity index (χ3n) is 4.34. The number of nitro groups is 1. The van der Waals surface area contributed by atoms with E-state index < -0.39 is 14.8 Å². The minimum absolute atomic E-state index is 0.0138. The number of aryl methyl sites for hydroxylation is 1. The lowest BCUT2D eigenvalue weighted by atomic mass is 10.1. The number of benzene rings is 3. The quantitative estimate of drug-likeness (QED) is 0.365. The number of hydrogen-bond acceptors (Lipinski definition) is 6. The Labute approximate surface area is 168 Å². The standard InChI is InChI=1S/C21H19N3O4S/c1-15-3-11-20(12-4-15)29(27,28)21-13-7-18(8-14-21)23-22-16(2)17-5-9-19(10-6-17)24(25)26/h3-14,23H,1-2H3/b22-16-. The maximum absolute atomic E-state index is 12.7. The zero-order valence-electron chi connectivity index (χ0n) is 15.9. The molecule has 0 aliphatic heterocycles. The predicted octanol–water partition coefficient (Wildman–Crippen LogP) is 4.57. The lowest BCUT2D eigenvalue weighted by molar-refractivity contribution is -0.384. The normalized spacial score (nSPS) is 11.9. The molecule has 0 unspecified atom stereocenters. The minimum atomic E-state index is -3.58. The highest BCUT2D eigenvalue weighted by Crippen LogP contribution is 2.23. The van der Waals surface area contributed by atoms with Crippen molar-refractivity contribution in [3.8, 4) is 0 Å². The molecule has 0 spiro atoms. The summed E-state index contributed by atoms with van der Waals surface area (Å²) in [5, 5.41) is 15.0. The van der Waals surface area contributed by atoms with Gasteiger partial charge in [0.15, 0.2) is 0 Å². The van der Waals surface area contributed by atoms with Crippen LogP contribution in [0.1, 0.15) is 18.1 Å². The van der Waals surface area contributed by atoms with E-state index >= 15 is 0 Å². The Morgan fingerprint density at radius 3 is 1.93 bits per heavy atom. The highest BCUT2D eigenvalue weighted by molar-refractivity contribution is 7.91. The van der Waals surface area contributed by atoms with Crippen LogP contribution in [0.4, 0.5) is 11.4 Å². The molecule has 29 heavy (non-hydrogen) atoms. The number of hydrazone groups is 1. The van der Waals surface area contributed by atoms with Gasteiger partial charge in [0.1, 0.15) is 0 Å². The Hall–Kier alpha value is -3.52. The van der Waals surface area contributed by atoms with Crippen LogP contribution in [0.3, 0.4) is 0 Å². The van der Waals surface area contributed by atoms with Crippen LogP contribution in [-0.4, -0.2) is 19.1 Å². The van der Waals surface area contributed by atoms with E-state index in [4.69, 9.17) is 0 Å². The molecule has 0 saturated heterocycles. The molecule has 0 saturated carbocycles. The summed E-state index contributed by atoms with van der Waals surface area (Å²) in [5.41, 5.74) is 5.86. The van der Waals surface area contributed by atoms with Crippen molar-refractivity contribution in [3.05, 3.63) is 94.0 Å². The minimum Gasteiger partial charge on any atom is -0.278 e. The maximum Gasteiger partial charge on any atom is 0.269 e. The fourth-order valence-corrected chi connectivity index (χ4v) is 3.86. The summed E-state index contributed by atoms with van der Waals surface area (Å²) in [6.07, 6.45) is 0. The molecule has 0 heterocycles. The van der Waals surface area contributed by atoms with Crippen LogP contribution < -0.4 is 5.43 Å². The van der Waals surface area contributed by atoms with E-state index in [1.807, 2.05) is 6.92 Å². The van der Waals surface area contributed by atoms with Gasteiger partial charge in [0.05, 0.1) is 26.1 Å². The van der Waals surface area contributed by atoms with Crippen LogP contribution in [-0.2, 0) is 9.84 Å². The molecule has 3 aromatic rings. The van der Waals surface area contributed by atoms with E-state index in [-0.39, 0.29) is 15.5 Å². The van der Waals surface area contributed by atoms with Crippen LogP contribution in [0.25, 0.3) is 0 Å². The molecule has 0 bridgehead atoms. The third kappa shape index (κ3) is 4.67. The summed E-state index contributed by atoms with van der Waals surface area (Å²) < 4.78 is 25.4. The molecular weight excluding hydrogens is 390 g/mol. The monoisotopic (exact) mass is 409 g/mol. The summed E-state index contributed by atoms with van der Waals surface area (Å²) >= 11 is 0. The second-order valence-electron chi connectivity index (χ2n) is 6.45. The van der Waals surface area contributed by atoms with Crippen molar-refractivity contribution < 1.29 is 13.3 Å². The average molecular weight is 409 g/mol. The number of sulfone groups is 1. The van der Waals surface area contributed by atoms with Gasteiger partial charge in [-0.15, -0.1) is 0 Å². The summed E-state index contributed by atoms with van der Waals surface area (Å²) in [6, 6.07) is 19.1. The summed E-state index contributed by atoms with van der Waals surface area (Å²) in [5.74, 6) is 0. The molecule has 148 valence electrons. The van der Waals surface area contributed by atoms with Crippen molar-refractivity contribution in [2.75, 3.05) is 5.43 Å². The first kappa shape index (κ1) is 20.2. The lowest BCUT2D eigenvalue weighted by Crippen LogP contribution is -2.03. The van der Waals surface area contributed by atoms with Gasteiger partial charge in [-0.2, -0.15) is 5.10 Å². The lowest BCUT2D eigenvalue weighted by Gasteiger charge is -2.07. The zero-order chi connectivity index (χ0) is 21.0. The Morgan fingerprint density at radius 2 is 1.41 bits per heavy atom. The fraction of sp³-hybridized carbons (Fsp3) is 0.0952. The van der Waals surface area contributed by atoms with E-state index in [1.54, 1.807) is 55.5 Å². The molecule has 0 fully saturated rings. The van der Waals surface area contributed by atoms with Gasteiger partial charge in [0.25, 0.3) is 5.69 Å². The highest BCUT2D eigenvalue weighted by Gasteiger charge is 2.17. The van der Waals surface area contributed by atoms with E-state index in [1.165, 1.54) is 24.3 Å². The number of hydrogen-bond donors (Lipinski definition) is 1. The first-order valence-electron chi connectivity index (χ1n) is 8.74. The number of nitrogens with zero attached hydrogens (tertiary/aromatic N) is 2. The second-order valence-corrected chi connectivity index (χ2v) is 8.40. The van der Waals surface area contributed by atoms with Gasteiger partial charge in [-0.1, -0.05) is 17.7 Å². The number of non-ortho nitro benzene ring substituents is 1. The van der Waals surface area contributed by atoms with Gasteiger partial charge >= 0.3 is 0 Å². The molecule has 1 N–H and O–H groups in total. The Morgan fingerprint density at radius 1 is 0.897 bits per heavy atom. The Bertz CT molecular complexity index is 1150. The van der Waals surface area contributed by atoms with Crippen LogP contribution >= 0.6 is 0 Å². The Balaban J connectivity index is 1.74. The molecule has 0 amide bonds. The molecule has 0 atom stereocenters. The molecule has 0 radical (unpaired) electrons. The van der Waals surface area contributed by atoms with E-state index in [9.17, 15) is 18.5 Å². The van der Waals surface area contributed by atoms with Crippen molar-refractivity contribution in [2.45, 2.75) is 23.6 Å². The largest absolute Gasteiger partial charge is 0.278 e. The van der Waals surface area contributed by atoms with Gasteiger partial charge in [0, 0.05) is 12.1 Å². The Kier molecular flexibility index (Phi) is 5.74. The average Bonchev–Trinajstić information content (AvgIpc) is 2.72. The highest BCUT2D eigenvalue weighted by atomic mass is 32.2. The molecule has 0 aliphatic carbocycles. The molecule has 8 heteroatoms. The SMILES string of the molecule is C/C(=N/Nc1ccc(S(=O)(=O)c2ccc(C)cc2)cc1)c1ccc([N+](=O)[O-])cc1. The van der Waals surface area contributed by atoms with Crippen molar-refractivity contribution in [1.82, 2.24) is 0 Å². The van der Waals surface area contributed by atoms with Crippen molar-refractivity contribution >= 4 is 26.9 Å². The van der Waals surface area contributed by atoms with Gasteiger partial charge in [-0.3, -0.25) is 15.5 Å². The third-order valence-corrected chi connectivity index (χ3v) is 6.13. The molecule has 0 aliphatic rings. The number of nitro benzene ring substituents is 1. The number of rotatable bonds is 6. The molecular formula is C21H19N3O4S. The van der Waals surface area contributed by atoms with Crippen LogP contribution in [0.2, 0.25) is 0 Å². The zero-order valence-corrected chi connectivity index (χ0v) is 16.7. The van der Waals surface area contributed by atoms with Gasteiger partial charge in [-0.25, -0.2) is 8.42 Å². The van der Waals surface area contributed by atoms with Crippen LogP contribution in [0.15, 0.2) is 87.7 Å². The van der Waals surface area contributed by atoms with Crippen molar-refractivity contribution in [3.63, 3.8) is 0 Å². The smallest absolute Gasteiger partial charge is 0.269 e. The molecule has 3 rings (SSSR count). The van der Waals surface area contributed by atoms with Gasteiger partial charge in [0.2, 0.25) is 9.84 Å². The van der Waals surface area contributed by atoms with Crippen molar-refractivity contribution in [1.29, 1.82) is 0 Å². The predicted molar refractivity (Wildman–Crippen MR) is 112 cm³/mol. The van der Waals surface area contributed by atoms with Crippen molar-refractivity contribution in [2.24, 2.45) is 5.10 Å². The van der Waals surface area contributed by atoms with E-state index in [0.29, 0.717) is 11.4 Å². The summed E-state index contributed by atoms with van der Waals surface area (Å²) in [4.78, 5) is 10.7. The molecule has 3 aromatic carbocycles. The summed E-state index contributed by atoms with van der Waals surface area (Å²) in [7, 11) is -3.58. The topological polar surface area (TPSA) is 102 Å². The van der Waals surface area contributed by atoms with Crippen LogP contribution in [0, 0.1) is 17.0 Å². The number of anilines is 1. The number of nitrogens with one attached hydrogen (secondary N) is 1.